The number of aryl methyl sites for hydroxylation is 1. The van der Waals surface area contributed by atoms with Gasteiger partial charge in [0.05, 0.1) is 5.56 Å². The van der Waals surface area contributed by atoms with Gasteiger partial charge in [0.15, 0.2) is 0 Å². The molecule has 0 unspecified atom stereocenters. The first-order chi connectivity index (χ1) is 7.41. The van der Waals surface area contributed by atoms with E-state index in [-0.39, 0.29) is 0 Å². The summed E-state index contributed by atoms with van der Waals surface area (Å²) < 4.78 is 40.3. The first kappa shape index (κ1) is 11.5. The molecule has 0 bridgehead atoms. The van der Waals surface area contributed by atoms with Crippen molar-refractivity contribution in [2.24, 2.45) is 0 Å². The van der Waals surface area contributed by atoms with E-state index in [9.17, 15) is 13.2 Å². The van der Waals surface area contributed by atoms with Gasteiger partial charge in [0.25, 0.3) is 5.92 Å². The van der Waals surface area contributed by atoms with Crippen molar-refractivity contribution < 1.29 is 13.2 Å². The fourth-order valence-corrected chi connectivity index (χ4v) is 2.15. The number of benzene rings is 1. The van der Waals surface area contributed by atoms with Crippen LogP contribution in [0.1, 0.15) is 29.2 Å². The van der Waals surface area contributed by atoms with Gasteiger partial charge in [0, 0.05) is 13.5 Å². The summed E-state index contributed by atoms with van der Waals surface area (Å²) in [4.78, 5) is 0. The molecule has 0 saturated carbocycles. The zero-order chi connectivity index (χ0) is 11.9. The molecule has 0 aromatic heterocycles. The Morgan fingerprint density at radius 3 is 2.62 bits per heavy atom. The topological polar surface area (TPSA) is 12.0 Å². The minimum Gasteiger partial charge on any atom is -0.312 e. The third-order valence-corrected chi connectivity index (χ3v) is 3.03. The molecule has 1 aromatic carbocycles. The van der Waals surface area contributed by atoms with Crippen molar-refractivity contribution >= 4 is 0 Å². The molecule has 4 heteroatoms. The van der Waals surface area contributed by atoms with Crippen LogP contribution in [0.25, 0.3) is 0 Å². The van der Waals surface area contributed by atoms with Gasteiger partial charge < -0.3 is 5.32 Å². The van der Waals surface area contributed by atoms with Crippen LogP contribution in [0.2, 0.25) is 0 Å². The van der Waals surface area contributed by atoms with Gasteiger partial charge in [-0.05, 0) is 42.6 Å². The summed E-state index contributed by atoms with van der Waals surface area (Å²) in [5.74, 6) is -3.84. The van der Waals surface area contributed by atoms with E-state index in [1.54, 1.807) is 6.92 Å². The molecule has 1 nitrogen and oxygen atoms in total. The van der Waals surface area contributed by atoms with Gasteiger partial charge in [0.1, 0.15) is 5.82 Å². The molecule has 0 saturated heterocycles. The monoisotopic (exact) mass is 229 g/mol. The van der Waals surface area contributed by atoms with E-state index >= 15 is 0 Å². The zero-order valence-electron chi connectivity index (χ0n) is 9.33. The van der Waals surface area contributed by atoms with Gasteiger partial charge in [0.2, 0.25) is 0 Å². The highest BCUT2D eigenvalue weighted by molar-refractivity contribution is 5.42. The lowest BCUT2D eigenvalue weighted by Gasteiger charge is -2.23. The second kappa shape index (κ2) is 3.77. The summed E-state index contributed by atoms with van der Waals surface area (Å²) in [6.07, 6.45) is 0.478. The number of rotatable bonds is 1. The van der Waals surface area contributed by atoms with Gasteiger partial charge >= 0.3 is 0 Å². The highest BCUT2D eigenvalue weighted by Crippen LogP contribution is 2.34. The summed E-state index contributed by atoms with van der Waals surface area (Å²) >= 11 is 0. The maximum atomic E-state index is 13.9. The lowest BCUT2D eigenvalue weighted by Crippen LogP contribution is -2.27. The fraction of sp³-hybridized carbons (Fsp3) is 0.500. The van der Waals surface area contributed by atoms with Crippen LogP contribution in [0.15, 0.2) is 6.07 Å². The van der Waals surface area contributed by atoms with Crippen molar-refractivity contribution in [3.05, 3.63) is 34.1 Å². The summed E-state index contributed by atoms with van der Waals surface area (Å²) in [6, 6.07) is 1.27. The molecule has 0 amide bonds. The standard InChI is InChI=1S/C12H14F3N/c1-7-5-10(12(2,14)15)11(13)8-3-4-16-6-9(7)8/h5,16H,3-4,6H2,1-2H3. The van der Waals surface area contributed by atoms with Gasteiger partial charge in [-0.15, -0.1) is 0 Å². The van der Waals surface area contributed by atoms with Crippen molar-refractivity contribution in [3.63, 3.8) is 0 Å². The average Bonchev–Trinajstić information content (AvgIpc) is 2.22. The summed E-state index contributed by atoms with van der Waals surface area (Å²) in [6.45, 7) is 3.69. The predicted octanol–water partition coefficient (Wildman–Crippen LogP) is 2.89. The van der Waals surface area contributed by atoms with E-state index in [1.807, 2.05) is 0 Å². The largest absolute Gasteiger partial charge is 0.312 e. The molecule has 1 aliphatic heterocycles. The Kier molecular flexibility index (Phi) is 2.70. The molecule has 0 radical (unpaired) electrons. The van der Waals surface area contributed by atoms with Crippen LogP contribution in [-0.4, -0.2) is 6.54 Å². The molecular formula is C12H14F3N. The maximum absolute atomic E-state index is 13.9. The second-order valence-corrected chi connectivity index (χ2v) is 4.33. The number of fused-ring (bicyclic) bond motifs is 1. The van der Waals surface area contributed by atoms with Gasteiger partial charge in [-0.2, -0.15) is 0 Å². The Morgan fingerprint density at radius 2 is 2.00 bits per heavy atom. The quantitative estimate of drug-likeness (QED) is 0.780. The number of hydrogen-bond donors (Lipinski definition) is 1. The smallest absolute Gasteiger partial charge is 0.273 e. The van der Waals surface area contributed by atoms with Crippen LogP contribution in [0.4, 0.5) is 13.2 Å². The Bertz CT molecular complexity index is 421. The summed E-state index contributed by atoms with van der Waals surface area (Å²) in [5.41, 5.74) is 1.54. The van der Waals surface area contributed by atoms with Crippen LogP contribution in [0, 0.1) is 12.7 Å². The molecule has 16 heavy (non-hydrogen) atoms. The number of nitrogens with one attached hydrogen (secondary N) is 1. The zero-order valence-corrected chi connectivity index (χ0v) is 9.33. The van der Waals surface area contributed by atoms with E-state index < -0.39 is 17.3 Å². The molecule has 1 N–H and O–H groups in total. The fourth-order valence-electron chi connectivity index (χ4n) is 2.15. The highest BCUT2D eigenvalue weighted by Gasteiger charge is 2.31. The highest BCUT2D eigenvalue weighted by atomic mass is 19.3. The van der Waals surface area contributed by atoms with Crippen molar-refractivity contribution in [3.8, 4) is 0 Å². The van der Waals surface area contributed by atoms with E-state index in [0.29, 0.717) is 25.1 Å². The van der Waals surface area contributed by atoms with Crippen LogP contribution in [0.5, 0.6) is 0 Å². The first-order valence-electron chi connectivity index (χ1n) is 5.31. The molecule has 0 aliphatic carbocycles. The van der Waals surface area contributed by atoms with Gasteiger partial charge in [-0.25, -0.2) is 13.2 Å². The Hall–Kier alpha value is -1.03. The van der Waals surface area contributed by atoms with Crippen molar-refractivity contribution in [1.82, 2.24) is 5.32 Å². The molecule has 1 aromatic rings. The average molecular weight is 229 g/mol. The first-order valence-corrected chi connectivity index (χ1v) is 5.31. The summed E-state index contributed by atoms with van der Waals surface area (Å²) in [5, 5.41) is 3.11. The molecule has 2 rings (SSSR count). The Labute approximate surface area is 92.7 Å². The van der Waals surface area contributed by atoms with Crippen LogP contribution in [0.3, 0.4) is 0 Å². The third-order valence-electron chi connectivity index (χ3n) is 3.03. The van der Waals surface area contributed by atoms with Crippen LogP contribution in [-0.2, 0) is 18.9 Å². The van der Waals surface area contributed by atoms with E-state index in [4.69, 9.17) is 0 Å². The predicted molar refractivity (Wildman–Crippen MR) is 56.1 cm³/mol. The number of halogens is 3. The van der Waals surface area contributed by atoms with Gasteiger partial charge in [-0.3, -0.25) is 0 Å². The number of alkyl halides is 2. The summed E-state index contributed by atoms with van der Waals surface area (Å²) in [7, 11) is 0. The lowest BCUT2D eigenvalue weighted by molar-refractivity contribution is 0.0134. The normalized spacial score (nSPS) is 16.1. The van der Waals surface area contributed by atoms with E-state index in [1.165, 1.54) is 6.07 Å². The lowest BCUT2D eigenvalue weighted by atomic mass is 9.91. The van der Waals surface area contributed by atoms with Crippen molar-refractivity contribution in [2.75, 3.05) is 6.54 Å². The molecule has 1 heterocycles. The van der Waals surface area contributed by atoms with Crippen molar-refractivity contribution in [1.29, 1.82) is 0 Å². The molecule has 0 fully saturated rings. The Balaban J connectivity index is 2.63. The third kappa shape index (κ3) is 1.82. The maximum Gasteiger partial charge on any atom is 0.273 e. The second-order valence-electron chi connectivity index (χ2n) is 4.33. The van der Waals surface area contributed by atoms with E-state index in [0.717, 1.165) is 18.1 Å². The molecular weight excluding hydrogens is 215 g/mol. The Morgan fingerprint density at radius 1 is 1.31 bits per heavy atom. The van der Waals surface area contributed by atoms with Crippen LogP contribution >= 0.6 is 0 Å². The molecule has 1 aliphatic rings. The molecule has 0 spiro atoms. The van der Waals surface area contributed by atoms with Crippen molar-refractivity contribution in [2.45, 2.75) is 32.7 Å². The SMILES string of the molecule is Cc1cc(C(C)(F)F)c(F)c2c1CNCC2. The minimum atomic E-state index is -3.12. The molecule has 0 atom stereocenters. The molecule has 88 valence electrons. The van der Waals surface area contributed by atoms with E-state index in [2.05, 4.69) is 5.32 Å². The van der Waals surface area contributed by atoms with Crippen LogP contribution < -0.4 is 5.32 Å². The number of hydrogen-bond acceptors (Lipinski definition) is 1. The van der Waals surface area contributed by atoms with Gasteiger partial charge in [-0.1, -0.05) is 0 Å². The minimum absolute atomic E-state index is 0.454.